The Hall–Kier alpha value is -2.21. The highest BCUT2D eigenvalue weighted by Crippen LogP contribution is 2.49. The monoisotopic (exact) mass is 371 g/mol. The standard InChI is InChI=1S/C17H14BrN3O2/c18-9-2-1-3-10(6-9)19-17-16-12(20-21-17)8-23-14-7-13-11(15(14)16)4-5-22-13/h1-3,6-7,11H,4-5,8H2,(H2,19,20,21). The van der Waals surface area contributed by atoms with Crippen LogP contribution in [0.25, 0.3) is 5.57 Å². The number of benzene rings is 1. The number of rotatable bonds is 2. The van der Waals surface area contributed by atoms with Crippen molar-refractivity contribution in [2.45, 2.75) is 13.0 Å². The van der Waals surface area contributed by atoms with Gasteiger partial charge in [0.05, 0.1) is 17.9 Å². The molecule has 0 saturated carbocycles. The normalized spacial score (nSPS) is 21.1. The second kappa shape index (κ2) is 4.89. The van der Waals surface area contributed by atoms with Crippen LogP contribution in [0.15, 0.2) is 46.3 Å². The van der Waals surface area contributed by atoms with E-state index >= 15 is 0 Å². The highest BCUT2D eigenvalue weighted by Gasteiger charge is 2.40. The minimum Gasteiger partial charge on any atom is -0.497 e. The molecular formula is C17H14BrN3O2. The number of hydrogen-bond donors (Lipinski definition) is 2. The lowest BCUT2D eigenvalue weighted by molar-refractivity contribution is 0.201. The van der Waals surface area contributed by atoms with Crippen molar-refractivity contribution >= 4 is 33.0 Å². The zero-order chi connectivity index (χ0) is 15.4. The lowest BCUT2D eigenvalue weighted by Gasteiger charge is -2.19. The van der Waals surface area contributed by atoms with E-state index in [0.29, 0.717) is 12.5 Å². The van der Waals surface area contributed by atoms with E-state index < -0.39 is 0 Å². The summed E-state index contributed by atoms with van der Waals surface area (Å²) in [6.07, 6.45) is 3.03. The second-order valence-corrected chi connectivity index (χ2v) is 6.78. The van der Waals surface area contributed by atoms with Gasteiger partial charge in [0.2, 0.25) is 0 Å². The number of hydrogen-bond acceptors (Lipinski definition) is 4. The van der Waals surface area contributed by atoms with Crippen LogP contribution in [0.3, 0.4) is 0 Å². The quantitative estimate of drug-likeness (QED) is 0.834. The molecule has 0 amide bonds. The Balaban J connectivity index is 1.57. The van der Waals surface area contributed by atoms with E-state index in [-0.39, 0.29) is 0 Å². The maximum absolute atomic E-state index is 5.86. The molecule has 2 aliphatic heterocycles. The molecule has 1 aromatic heterocycles. The number of fused-ring (bicyclic) bond motifs is 4. The smallest absolute Gasteiger partial charge is 0.160 e. The number of allylic oxidation sites excluding steroid dienone is 2. The van der Waals surface area contributed by atoms with Gasteiger partial charge in [-0.25, -0.2) is 0 Å². The average Bonchev–Trinajstić information content (AvgIpc) is 3.21. The first-order valence-corrected chi connectivity index (χ1v) is 8.40. The maximum Gasteiger partial charge on any atom is 0.160 e. The van der Waals surface area contributed by atoms with Gasteiger partial charge in [-0.1, -0.05) is 22.0 Å². The summed E-state index contributed by atoms with van der Waals surface area (Å²) in [5, 5.41) is 11.0. The summed E-state index contributed by atoms with van der Waals surface area (Å²) >= 11 is 3.50. The molecule has 1 aromatic carbocycles. The van der Waals surface area contributed by atoms with E-state index in [2.05, 4.69) is 31.4 Å². The number of ether oxygens (including phenoxy) is 2. The Morgan fingerprint density at radius 1 is 1.30 bits per heavy atom. The topological polar surface area (TPSA) is 59.2 Å². The van der Waals surface area contributed by atoms with Crippen LogP contribution in [0, 0.1) is 5.92 Å². The van der Waals surface area contributed by atoms with Gasteiger partial charge in [-0.05, 0) is 24.6 Å². The first-order chi connectivity index (χ1) is 11.3. The van der Waals surface area contributed by atoms with Crippen LogP contribution in [0.5, 0.6) is 0 Å². The summed E-state index contributed by atoms with van der Waals surface area (Å²) in [4.78, 5) is 0. The Morgan fingerprint density at radius 2 is 2.26 bits per heavy atom. The molecule has 3 aliphatic rings. The van der Waals surface area contributed by atoms with E-state index in [9.17, 15) is 0 Å². The molecule has 2 aromatic rings. The third-order valence-corrected chi connectivity index (χ3v) is 4.97. The fourth-order valence-electron chi connectivity index (χ4n) is 3.48. The van der Waals surface area contributed by atoms with Gasteiger partial charge < -0.3 is 14.8 Å². The average molecular weight is 372 g/mol. The molecule has 1 atom stereocenters. The van der Waals surface area contributed by atoms with E-state index in [1.54, 1.807) is 0 Å². The number of aromatic nitrogens is 2. The van der Waals surface area contributed by atoms with Gasteiger partial charge in [0.25, 0.3) is 0 Å². The highest BCUT2D eigenvalue weighted by molar-refractivity contribution is 9.10. The SMILES string of the molecule is Brc1cccc(Nc2n[nH]c3c2C2=C(C=C4OCCC42)OC3)c1. The van der Waals surface area contributed by atoms with E-state index in [1.807, 2.05) is 30.3 Å². The zero-order valence-electron chi connectivity index (χ0n) is 12.2. The van der Waals surface area contributed by atoms with Gasteiger partial charge in [0, 0.05) is 27.7 Å². The molecule has 0 bridgehead atoms. The summed E-state index contributed by atoms with van der Waals surface area (Å²) in [5.41, 5.74) is 4.34. The van der Waals surface area contributed by atoms with Crippen LogP contribution in [0.2, 0.25) is 0 Å². The molecule has 5 nitrogen and oxygen atoms in total. The van der Waals surface area contributed by atoms with E-state index in [1.165, 1.54) is 5.57 Å². The molecule has 0 radical (unpaired) electrons. The third-order valence-electron chi connectivity index (χ3n) is 4.48. The summed E-state index contributed by atoms with van der Waals surface area (Å²) in [7, 11) is 0. The molecule has 1 saturated heterocycles. The zero-order valence-corrected chi connectivity index (χ0v) is 13.8. The molecular weight excluding hydrogens is 358 g/mol. The van der Waals surface area contributed by atoms with Crippen LogP contribution in [0.1, 0.15) is 17.7 Å². The number of nitrogens with one attached hydrogen (secondary N) is 2. The first-order valence-electron chi connectivity index (χ1n) is 7.61. The van der Waals surface area contributed by atoms with Gasteiger partial charge in [-0.3, -0.25) is 5.10 Å². The fourth-order valence-corrected chi connectivity index (χ4v) is 3.88. The Morgan fingerprint density at radius 3 is 3.17 bits per heavy atom. The summed E-state index contributed by atoms with van der Waals surface area (Å²) < 4.78 is 12.6. The predicted octanol–water partition coefficient (Wildman–Crippen LogP) is 4.09. The minimum absolute atomic E-state index is 0.296. The van der Waals surface area contributed by atoms with Gasteiger partial charge >= 0.3 is 0 Å². The largest absolute Gasteiger partial charge is 0.497 e. The molecule has 116 valence electrons. The summed E-state index contributed by atoms with van der Waals surface area (Å²) in [5.74, 6) is 3.09. The van der Waals surface area contributed by atoms with Crippen molar-refractivity contribution in [1.82, 2.24) is 10.2 Å². The molecule has 1 aliphatic carbocycles. The number of H-pyrrole nitrogens is 1. The fraction of sp³-hybridized carbons (Fsp3) is 0.235. The van der Waals surface area contributed by atoms with Crippen molar-refractivity contribution in [2.24, 2.45) is 5.92 Å². The van der Waals surface area contributed by atoms with Crippen LogP contribution in [0.4, 0.5) is 11.5 Å². The van der Waals surface area contributed by atoms with Crippen LogP contribution < -0.4 is 5.32 Å². The molecule has 1 unspecified atom stereocenters. The molecule has 23 heavy (non-hydrogen) atoms. The van der Waals surface area contributed by atoms with E-state index in [0.717, 1.165) is 51.8 Å². The highest BCUT2D eigenvalue weighted by atomic mass is 79.9. The van der Waals surface area contributed by atoms with Crippen molar-refractivity contribution in [3.05, 3.63) is 57.6 Å². The predicted molar refractivity (Wildman–Crippen MR) is 89.9 cm³/mol. The molecule has 5 rings (SSSR count). The van der Waals surface area contributed by atoms with Gasteiger partial charge in [0.1, 0.15) is 18.1 Å². The Bertz CT molecular complexity index is 868. The molecule has 6 heteroatoms. The second-order valence-electron chi connectivity index (χ2n) is 5.86. The van der Waals surface area contributed by atoms with Crippen LogP contribution >= 0.6 is 15.9 Å². The number of aromatic amines is 1. The van der Waals surface area contributed by atoms with Crippen LogP contribution in [-0.4, -0.2) is 16.8 Å². The number of anilines is 2. The van der Waals surface area contributed by atoms with Crippen molar-refractivity contribution in [2.75, 3.05) is 11.9 Å². The first kappa shape index (κ1) is 13.2. The molecule has 0 spiro atoms. The van der Waals surface area contributed by atoms with Crippen molar-refractivity contribution in [3.8, 4) is 0 Å². The maximum atomic E-state index is 5.86. The summed E-state index contributed by atoms with van der Waals surface area (Å²) in [6, 6.07) is 8.06. The third kappa shape index (κ3) is 2.01. The Kier molecular flexibility index (Phi) is 2.82. The molecule has 2 N–H and O–H groups in total. The van der Waals surface area contributed by atoms with Gasteiger partial charge in [0.15, 0.2) is 5.82 Å². The minimum atomic E-state index is 0.296. The molecule has 1 fully saturated rings. The van der Waals surface area contributed by atoms with Crippen LogP contribution in [-0.2, 0) is 16.1 Å². The number of halogens is 1. The van der Waals surface area contributed by atoms with E-state index in [4.69, 9.17) is 9.47 Å². The van der Waals surface area contributed by atoms with Gasteiger partial charge in [-0.15, -0.1) is 0 Å². The van der Waals surface area contributed by atoms with Gasteiger partial charge in [-0.2, -0.15) is 5.10 Å². The lowest BCUT2D eigenvalue weighted by Crippen LogP contribution is -2.09. The van der Waals surface area contributed by atoms with Crippen molar-refractivity contribution < 1.29 is 9.47 Å². The number of nitrogens with zero attached hydrogens (tertiary/aromatic N) is 1. The van der Waals surface area contributed by atoms with Crippen molar-refractivity contribution in [3.63, 3.8) is 0 Å². The summed E-state index contributed by atoms with van der Waals surface area (Å²) in [6.45, 7) is 1.28. The molecule has 3 heterocycles. The van der Waals surface area contributed by atoms with Crippen molar-refractivity contribution in [1.29, 1.82) is 0 Å². The lowest BCUT2D eigenvalue weighted by atomic mass is 9.91. The Labute approximate surface area is 141 Å².